The molecule has 0 saturated carbocycles. The second-order valence-electron chi connectivity index (χ2n) is 5.35. The molecular formula is C16H13ClF4N2O2. The Bertz CT molecular complexity index is 832. The minimum atomic E-state index is -4.70. The fraction of sp³-hybridized carbons (Fsp3) is 0.250. The molecule has 134 valence electrons. The van der Waals surface area contributed by atoms with Gasteiger partial charge in [-0.05, 0) is 30.7 Å². The van der Waals surface area contributed by atoms with Crippen LogP contribution in [-0.2, 0) is 17.5 Å². The van der Waals surface area contributed by atoms with Crippen LogP contribution in [0.5, 0.6) is 0 Å². The van der Waals surface area contributed by atoms with Gasteiger partial charge in [-0.15, -0.1) is 0 Å². The standard InChI is InChI=1S/C16H13ClF4N2O2/c1-9(10-2-4-12(18)5-3-10)22-14(24)8-23-7-11(16(19,20)21)6-13(17)15(23)25/h2-7,9H,8H2,1H3,(H,22,24)/t9-/m0/s1. The number of hydrogen-bond donors (Lipinski definition) is 1. The van der Waals surface area contributed by atoms with Crippen molar-refractivity contribution < 1.29 is 22.4 Å². The first-order chi connectivity index (χ1) is 11.6. The molecule has 2 rings (SSSR count). The van der Waals surface area contributed by atoms with Gasteiger partial charge >= 0.3 is 6.18 Å². The Hall–Kier alpha value is -2.35. The van der Waals surface area contributed by atoms with Gasteiger partial charge < -0.3 is 9.88 Å². The van der Waals surface area contributed by atoms with Crippen LogP contribution in [0.2, 0.25) is 5.02 Å². The van der Waals surface area contributed by atoms with Gasteiger partial charge in [0, 0.05) is 6.20 Å². The Morgan fingerprint density at radius 1 is 1.28 bits per heavy atom. The van der Waals surface area contributed by atoms with Crippen molar-refractivity contribution in [2.24, 2.45) is 0 Å². The maximum absolute atomic E-state index is 12.9. The number of pyridine rings is 1. The lowest BCUT2D eigenvalue weighted by molar-refractivity contribution is -0.138. The van der Waals surface area contributed by atoms with Gasteiger partial charge in [0.25, 0.3) is 5.56 Å². The van der Waals surface area contributed by atoms with Crippen LogP contribution < -0.4 is 10.9 Å². The molecular weight excluding hydrogens is 364 g/mol. The van der Waals surface area contributed by atoms with E-state index in [9.17, 15) is 27.2 Å². The van der Waals surface area contributed by atoms with Crippen molar-refractivity contribution >= 4 is 17.5 Å². The number of benzene rings is 1. The largest absolute Gasteiger partial charge is 0.417 e. The number of aromatic nitrogens is 1. The molecule has 0 aliphatic heterocycles. The highest BCUT2D eigenvalue weighted by Gasteiger charge is 2.32. The molecule has 0 spiro atoms. The van der Waals surface area contributed by atoms with Crippen LogP contribution in [-0.4, -0.2) is 10.5 Å². The lowest BCUT2D eigenvalue weighted by Gasteiger charge is -2.16. The summed E-state index contributed by atoms with van der Waals surface area (Å²) in [4.78, 5) is 23.8. The molecule has 0 aliphatic rings. The van der Waals surface area contributed by atoms with Crippen molar-refractivity contribution in [1.82, 2.24) is 9.88 Å². The van der Waals surface area contributed by atoms with E-state index in [-0.39, 0.29) is 0 Å². The van der Waals surface area contributed by atoms with Crippen molar-refractivity contribution in [2.45, 2.75) is 25.7 Å². The minimum absolute atomic E-state index is 0.438. The van der Waals surface area contributed by atoms with E-state index in [1.165, 1.54) is 24.3 Å². The van der Waals surface area contributed by atoms with Crippen molar-refractivity contribution in [2.75, 3.05) is 0 Å². The lowest BCUT2D eigenvalue weighted by atomic mass is 10.1. The first kappa shape index (κ1) is 19.0. The lowest BCUT2D eigenvalue weighted by Crippen LogP contribution is -2.34. The molecule has 0 unspecified atom stereocenters. The molecule has 1 atom stereocenters. The average molecular weight is 377 g/mol. The summed E-state index contributed by atoms with van der Waals surface area (Å²) in [5.41, 5.74) is -1.43. The third-order valence-electron chi connectivity index (χ3n) is 3.43. The number of carbonyl (C=O) groups excluding carboxylic acids is 1. The number of amides is 1. The summed E-state index contributed by atoms with van der Waals surface area (Å²) in [5, 5.41) is 1.89. The van der Waals surface area contributed by atoms with Crippen LogP contribution in [0.3, 0.4) is 0 Å². The monoisotopic (exact) mass is 376 g/mol. The van der Waals surface area contributed by atoms with E-state index in [1.807, 2.05) is 0 Å². The average Bonchev–Trinajstić information content (AvgIpc) is 2.51. The third-order valence-corrected chi connectivity index (χ3v) is 3.70. The summed E-state index contributed by atoms with van der Waals surface area (Å²) in [6.07, 6.45) is -4.16. The van der Waals surface area contributed by atoms with Crippen molar-refractivity contribution in [3.05, 3.63) is 68.8 Å². The highest BCUT2D eigenvalue weighted by atomic mass is 35.5. The number of hydrogen-bond acceptors (Lipinski definition) is 2. The molecule has 1 aromatic carbocycles. The zero-order valence-corrected chi connectivity index (χ0v) is 13.7. The Morgan fingerprint density at radius 3 is 2.44 bits per heavy atom. The van der Waals surface area contributed by atoms with Crippen LogP contribution in [0.15, 0.2) is 41.3 Å². The fourth-order valence-corrected chi connectivity index (χ4v) is 2.37. The topological polar surface area (TPSA) is 51.1 Å². The van der Waals surface area contributed by atoms with Crippen LogP contribution >= 0.6 is 11.6 Å². The first-order valence-electron chi connectivity index (χ1n) is 7.10. The Kier molecular flexibility index (Phi) is 5.52. The maximum atomic E-state index is 12.9. The van der Waals surface area contributed by atoms with Crippen LogP contribution in [0.1, 0.15) is 24.1 Å². The highest BCUT2D eigenvalue weighted by Crippen LogP contribution is 2.29. The van der Waals surface area contributed by atoms with Crippen molar-refractivity contribution in [3.63, 3.8) is 0 Å². The third kappa shape index (κ3) is 4.82. The summed E-state index contributed by atoms with van der Waals surface area (Å²) in [7, 11) is 0. The Labute approximate surface area is 145 Å². The second kappa shape index (κ2) is 7.26. The smallest absolute Gasteiger partial charge is 0.348 e. The number of halogens is 5. The molecule has 9 heteroatoms. The van der Waals surface area contributed by atoms with Gasteiger partial charge in [-0.2, -0.15) is 13.2 Å². The van der Waals surface area contributed by atoms with Gasteiger partial charge in [-0.1, -0.05) is 23.7 Å². The van der Waals surface area contributed by atoms with Crippen LogP contribution in [0.4, 0.5) is 17.6 Å². The van der Waals surface area contributed by atoms with Gasteiger partial charge in [0.15, 0.2) is 0 Å². The SMILES string of the molecule is C[C@H](NC(=O)Cn1cc(C(F)(F)F)cc(Cl)c1=O)c1ccc(F)cc1. The number of carbonyl (C=O) groups is 1. The molecule has 0 bridgehead atoms. The van der Waals surface area contributed by atoms with E-state index in [0.29, 0.717) is 22.4 Å². The quantitative estimate of drug-likeness (QED) is 0.830. The molecule has 0 fully saturated rings. The van der Waals surface area contributed by atoms with E-state index in [4.69, 9.17) is 11.6 Å². The second-order valence-corrected chi connectivity index (χ2v) is 5.76. The summed E-state index contributed by atoms with van der Waals surface area (Å²) < 4.78 is 51.8. The minimum Gasteiger partial charge on any atom is -0.348 e. The van der Waals surface area contributed by atoms with Gasteiger partial charge in [0.1, 0.15) is 17.4 Å². The Balaban J connectivity index is 2.16. The molecule has 2 aromatic rings. The number of nitrogens with zero attached hydrogens (tertiary/aromatic N) is 1. The number of alkyl halides is 3. The summed E-state index contributed by atoms with van der Waals surface area (Å²) in [6, 6.07) is 5.36. The predicted octanol–water partition coefficient (Wildman–Crippen LogP) is 3.54. The van der Waals surface area contributed by atoms with Gasteiger partial charge in [-0.25, -0.2) is 4.39 Å². The van der Waals surface area contributed by atoms with Crippen LogP contribution in [0, 0.1) is 5.82 Å². The zero-order valence-electron chi connectivity index (χ0n) is 12.9. The molecule has 1 aromatic heterocycles. The van der Waals surface area contributed by atoms with Crippen molar-refractivity contribution in [3.8, 4) is 0 Å². The maximum Gasteiger partial charge on any atom is 0.417 e. The molecule has 25 heavy (non-hydrogen) atoms. The zero-order chi connectivity index (χ0) is 18.8. The van der Waals surface area contributed by atoms with E-state index in [1.54, 1.807) is 6.92 Å². The Morgan fingerprint density at radius 2 is 1.88 bits per heavy atom. The molecule has 0 saturated heterocycles. The van der Waals surface area contributed by atoms with E-state index in [2.05, 4.69) is 5.32 Å². The van der Waals surface area contributed by atoms with E-state index < -0.39 is 46.6 Å². The van der Waals surface area contributed by atoms with Gasteiger partial charge in [0.05, 0.1) is 11.6 Å². The first-order valence-corrected chi connectivity index (χ1v) is 7.47. The van der Waals surface area contributed by atoms with Gasteiger partial charge in [-0.3, -0.25) is 9.59 Å². The van der Waals surface area contributed by atoms with E-state index in [0.717, 1.165) is 0 Å². The molecule has 1 heterocycles. The van der Waals surface area contributed by atoms with Gasteiger partial charge in [0.2, 0.25) is 5.91 Å². The molecule has 4 nitrogen and oxygen atoms in total. The predicted molar refractivity (Wildman–Crippen MR) is 83.7 cm³/mol. The summed E-state index contributed by atoms with van der Waals surface area (Å²) in [6.45, 7) is 0.987. The normalized spacial score (nSPS) is 12.7. The van der Waals surface area contributed by atoms with E-state index >= 15 is 0 Å². The van der Waals surface area contributed by atoms with Crippen LogP contribution in [0.25, 0.3) is 0 Å². The summed E-state index contributed by atoms with van der Waals surface area (Å²) >= 11 is 5.52. The number of rotatable bonds is 4. The molecule has 1 N–H and O–H groups in total. The highest BCUT2D eigenvalue weighted by molar-refractivity contribution is 6.30. The molecule has 1 amide bonds. The number of nitrogens with one attached hydrogen (secondary N) is 1. The summed E-state index contributed by atoms with van der Waals surface area (Å²) in [5.74, 6) is -1.12. The molecule has 0 radical (unpaired) electrons. The molecule has 0 aliphatic carbocycles. The van der Waals surface area contributed by atoms with Crippen molar-refractivity contribution in [1.29, 1.82) is 0 Å². The fourth-order valence-electron chi connectivity index (χ4n) is 2.15.